The van der Waals surface area contributed by atoms with Crippen molar-refractivity contribution in [1.82, 2.24) is 44.8 Å². The lowest BCUT2D eigenvalue weighted by molar-refractivity contribution is -0.151. The average molecular weight is 1320 g/mol. The minimum absolute atomic E-state index is 0.0293. The fourth-order valence-electron chi connectivity index (χ4n) is 8.42. The average Bonchev–Trinajstić information content (AvgIpc) is 1.60. The number of ether oxygens (including phenoxy) is 6. The molecule has 8 rings (SSSR count). The van der Waals surface area contributed by atoms with Gasteiger partial charge in [0.2, 0.25) is 0 Å². The third-order valence-corrected chi connectivity index (χ3v) is 17.1. The highest BCUT2D eigenvalue weighted by Gasteiger charge is 2.31. The first-order valence-corrected chi connectivity index (χ1v) is 37.3. The monoisotopic (exact) mass is 1320 g/mol. The summed E-state index contributed by atoms with van der Waals surface area (Å²) in [6.45, 7) is 26.9. The summed E-state index contributed by atoms with van der Waals surface area (Å²) in [5.41, 5.74) is 2.07. The van der Waals surface area contributed by atoms with Crippen molar-refractivity contribution in [1.29, 1.82) is 0 Å². The molecule has 4 heterocycles. The molecule has 0 aliphatic carbocycles. The number of hydrogen-bond acceptors (Lipinski definition) is 17. The van der Waals surface area contributed by atoms with Gasteiger partial charge in [0.15, 0.2) is 34.4 Å². The van der Waals surface area contributed by atoms with Crippen molar-refractivity contribution in [2.75, 3.05) is 36.9 Å². The number of esters is 1. The van der Waals surface area contributed by atoms with Crippen LogP contribution in [0.4, 0.5) is 34.0 Å². The summed E-state index contributed by atoms with van der Waals surface area (Å²) in [5.74, 6) is -4.33. The molecule has 0 radical (unpaired) electrons. The minimum atomic E-state index is -1.39. The molecule has 484 valence electrons. The first kappa shape index (κ1) is 70.0. The van der Waals surface area contributed by atoms with Crippen LogP contribution in [-0.4, -0.2) is 123 Å². The summed E-state index contributed by atoms with van der Waals surface area (Å²) in [7, 11) is -2.70. The van der Waals surface area contributed by atoms with Gasteiger partial charge in [-0.3, -0.25) is 0 Å². The molecule has 4 aromatic heterocycles. The highest BCUT2D eigenvalue weighted by atomic mass is 35.5. The Kier molecular flexibility index (Phi) is 23.8. The topological polar surface area (TPSA) is 233 Å². The molecule has 4 N–H and O–H groups in total. The standard InChI is InChI=1S/C36H47ClF2N6O6Si.C26H30ClF2N5O3Si/c1-21(2)29(41-35(47)51-36(4,5)6)33(46)49-22(3)19-40-31-28-30(24-12-10-11-13-25(24)37)44-45(20-48-16-17-52(7,8)9)32(28)43-34(42-31)50-27-15-14-23(38)18-26(27)39;1-16(35)14-30-24-22-23(18-7-5-6-8-19(18)27)33-34(15-36-11-12-38(2,3)4)25(22)32-26(31-24)37-21-10-9-17(28)13-20(21)29/h10-15,18,21-22,29H,16-17,19-20H2,1-9H3,(H,41,47)(H,40,42,43);5-10,13,16,35H,11-12,14-15H2,1-4H3,(H,30,31,32)/t22-,29-;16-/m00/s1. The number of aliphatic hydroxyl groups is 1. The van der Waals surface area contributed by atoms with Crippen molar-refractivity contribution in [2.45, 2.75) is 137 Å². The van der Waals surface area contributed by atoms with E-state index >= 15 is 0 Å². The molecule has 28 heteroatoms. The Balaban J connectivity index is 0.000000268. The van der Waals surface area contributed by atoms with E-state index in [1.807, 2.05) is 24.3 Å². The van der Waals surface area contributed by atoms with E-state index in [1.165, 1.54) is 4.68 Å². The number of aromatic nitrogens is 8. The predicted octanol–water partition coefficient (Wildman–Crippen LogP) is 14.7. The number of halogens is 6. The number of nitrogens with zero attached hydrogens (tertiary/aromatic N) is 8. The number of carbonyl (C=O) groups excluding carboxylic acids is 2. The first-order chi connectivity index (χ1) is 42.3. The third kappa shape index (κ3) is 20.0. The van der Waals surface area contributed by atoms with Crippen LogP contribution < -0.4 is 25.4 Å². The lowest BCUT2D eigenvalue weighted by Gasteiger charge is -2.26. The Morgan fingerprint density at radius 3 is 1.46 bits per heavy atom. The Morgan fingerprint density at radius 1 is 0.633 bits per heavy atom. The van der Waals surface area contributed by atoms with Crippen LogP contribution in [0.1, 0.15) is 48.5 Å². The minimum Gasteiger partial charge on any atom is -0.459 e. The molecule has 20 nitrogen and oxygen atoms in total. The molecule has 3 atom stereocenters. The summed E-state index contributed by atoms with van der Waals surface area (Å²) in [6, 6.07) is 20.7. The van der Waals surface area contributed by atoms with Gasteiger partial charge in [0.25, 0.3) is 0 Å². The van der Waals surface area contributed by atoms with Crippen molar-refractivity contribution in [3.8, 4) is 46.0 Å². The lowest BCUT2D eigenvalue weighted by atomic mass is 10.1. The van der Waals surface area contributed by atoms with Gasteiger partial charge in [0.05, 0.1) is 33.5 Å². The number of aliphatic hydroxyl groups excluding tert-OH is 1. The summed E-state index contributed by atoms with van der Waals surface area (Å²) in [5, 5.41) is 30.3. The largest absolute Gasteiger partial charge is 0.459 e. The maximum absolute atomic E-state index is 14.7. The number of anilines is 2. The normalized spacial score (nSPS) is 12.9. The first-order valence-electron chi connectivity index (χ1n) is 29.2. The molecule has 0 fully saturated rings. The summed E-state index contributed by atoms with van der Waals surface area (Å²) >= 11 is 13.2. The molecule has 0 unspecified atom stereocenters. The zero-order valence-corrected chi connectivity index (χ0v) is 56.1. The SMILES string of the molecule is CC(C)[C@H](NC(=O)OC(C)(C)C)C(=O)O[C@@H](C)CNc1nc(Oc2ccc(F)cc2F)nc2c1c(-c1ccccc1Cl)nn2COCC[Si](C)(C)C.C[C@H](O)CNc1nc(Oc2ccc(F)cc2F)nc2c1c(-c1ccccc1Cl)nn2COCC[Si](C)(C)C. The summed E-state index contributed by atoms with van der Waals surface area (Å²) in [6.07, 6.45) is -2.17. The molecule has 0 saturated heterocycles. The predicted molar refractivity (Wildman–Crippen MR) is 345 cm³/mol. The van der Waals surface area contributed by atoms with Crippen molar-refractivity contribution in [3.63, 3.8) is 0 Å². The van der Waals surface area contributed by atoms with Crippen molar-refractivity contribution < 1.29 is 60.7 Å². The number of amides is 1. The highest BCUT2D eigenvalue weighted by molar-refractivity contribution is 6.76. The van der Waals surface area contributed by atoms with Gasteiger partial charge in [-0.05, 0) is 89.0 Å². The van der Waals surface area contributed by atoms with E-state index in [0.717, 1.165) is 36.4 Å². The Bertz CT molecular complexity index is 3790. The number of rotatable bonds is 26. The number of nitrogens with one attached hydrogen (secondary N) is 3. The molecule has 0 spiro atoms. The Hall–Kier alpha value is -7.47. The fraction of sp³-hybridized carbons (Fsp3) is 0.419. The molecular formula is C62H77Cl2F4N11O9Si2. The molecule has 0 bridgehead atoms. The van der Waals surface area contributed by atoms with Crippen molar-refractivity contribution in [3.05, 3.63) is 118 Å². The van der Waals surface area contributed by atoms with Crippen LogP contribution >= 0.6 is 23.2 Å². The molecule has 90 heavy (non-hydrogen) atoms. The van der Waals surface area contributed by atoms with Gasteiger partial charge in [0, 0.05) is 59.2 Å². The van der Waals surface area contributed by atoms with Crippen LogP contribution in [0.5, 0.6) is 23.5 Å². The van der Waals surface area contributed by atoms with Crippen LogP contribution in [0.3, 0.4) is 0 Å². The second-order valence-corrected chi connectivity index (χ2v) is 37.1. The number of hydrogen-bond donors (Lipinski definition) is 4. The van der Waals surface area contributed by atoms with Gasteiger partial charge in [-0.1, -0.05) is 113 Å². The van der Waals surface area contributed by atoms with Crippen LogP contribution in [0.2, 0.25) is 61.4 Å². The van der Waals surface area contributed by atoms with Crippen LogP contribution in [0, 0.1) is 29.2 Å². The van der Waals surface area contributed by atoms with E-state index in [0.29, 0.717) is 80.1 Å². The van der Waals surface area contributed by atoms with E-state index in [2.05, 4.69) is 75.2 Å². The van der Waals surface area contributed by atoms with E-state index in [9.17, 15) is 32.3 Å². The summed E-state index contributed by atoms with van der Waals surface area (Å²) < 4.78 is 93.6. The van der Waals surface area contributed by atoms with Gasteiger partial charge in [0.1, 0.15) is 65.9 Å². The molecule has 0 aliphatic heterocycles. The molecule has 8 aromatic rings. The van der Waals surface area contributed by atoms with Gasteiger partial charge in [-0.25, -0.2) is 36.5 Å². The molecule has 4 aromatic carbocycles. The smallest absolute Gasteiger partial charge is 0.408 e. The van der Waals surface area contributed by atoms with Crippen LogP contribution in [0.15, 0.2) is 84.9 Å². The Labute approximate surface area is 532 Å². The highest BCUT2D eigenvalue weighted by Crippen LogP contribution is 2.40. The van der Waals surface area contributed by atoms with Crippen LogP contribution in [-0.2, 0) is 37.2 Å². The number of alkyl carbamates (subject to hydrolysis) is 1. The zero-order valence-electron chi connectivity index (χ0n) is 52.6. The summed E-state index contributed by atoms with van der Waals surface area (Å²) in [4.78, 5) is 43.8. The molecule has 0 saturated carbocycles. The van der Waals surface area contributed by atoms with Gasteiger partial charge >= 0.3 is 24.1 Å². The Morgan fingerprint density at radius 2 is 1.07 bits per heavy atom. The second-order valence-electron chi connectivity index (χ2n) is 25.0. The van der Waals surface area contributed by atoms with Crippen molar-refractivity contribution >= 4 is 85.1 Å². The van der Waals surface area contributed by atoms with Crippen molar-refractivity contribution in [2.24, 2.45) is 5.92 Å². The molecule has 1 amide bonds. The quantitative estimate of drug-likeness (QED) is 0.0171. The van der Waals surface area contributed by atoms with E-state index in [4.69, 9.17) is 61.8 Å². The van der Waals surface area contributed by atoms with E-state index in [1.54, 1.807) is 77.4 Å². The maximum Gasteiger partial charge on any atom is 0.408 e. The number of carbonyl (C=O) groups is 2. The third-order valence-electron chi connectivity index (χ3n) is 13.0. The maximum atomic E-state index is 14.7. The number of benzene rings is 4. The zero-order chi connectivity index (χ0) is 65.8. The van der Waals surface area contributed by atoms with Gasteiger partial charge < -0.3 is 49.5 Å². The van der Waals surface area contributed by atoms with Gasteiger partial charge in [-0.15, -0.1) is 0 Å². The van der Waals surface area contributed by atoms with E-state index < -0.39 is 75.3 Å². The lowest BCUT2D eigenvalue weighted by Crippen LogP contribution is -2.48. The second kappa shape index (κ2) is 30.6. The van der Waals surface area contributed by atoms with Crippen LogP contribution in [0.25, 0.3) is 44.6 Å². The molecular weight excluding hydrogens is 1250 g/mol. The number of fused-ring (bicyclic) bond motifs is 2. The van der Waals surface area contributed by atoms with E-state index in [-0.39, 0.29) is 67.5 Å². The fourth-order valence-corrected chi connectivity index (χ4v) is 10.4. The van der Waals surface area contributed by atoms with Gasteiger partial charge in [-0.2, -0.15) is 30.1 Å². The molecule has 0 aliphatic rings.